The predicted octanol–water partition coefficient (Wildman–Crippen LogP) is 0.699. The molecule has 0 aliphatic carbocycles. The van der Waals surface area contributed by atoms with Crippen LogP contribution in [0.25, 0.3) is 0 Å². The highest BCUT2D eigenvalue weighted by Crippen LogP contribution is 2.13. The van der Waals surface area contributed by atoms with E-state index in [9.17, 15) is 4.39 Å². The SMILES string of the molecule is CN1CC[C@@H](Oc2nccc(F)n2)C1. The van der Waals surface area contributed by atoms with E-state index in [1.54, 1.807) is 0 Å². The Morgan fingerprint density at radius 2 is 2.50 bits per heavy atom. The Morgan fingerprint density at radius 3 is 3.14 bits per heavy atom. The van der Waals surface area contributed by atoms with Crippen LogP contribution in [0.4, 0.5) is 4.39 Å². The van der Waals surface area contributed by atoms with E-state index < -0.39 is 5.95 Å². The molecule has 2 rings (SSSR count). The zero-order valence-electron chi connectivity index (χ0n) is 7.98. The lowest BCUT2D eigenvalue weighted by molar-refractivity contribution is 0.189. The number of nitrogens with zero attached hydrogens (tertiary/aromatic N) is 3. The Morgan fingerprint density at radius 1 is 1.64 bits per heavy atom. The molecule has 0 radical (unpaired) electrons. The molecule has 0 saturated carbocycles. The van der Waals surface area contributed by atoms with Gasteiger partial charge in [-0.05, 0) is 13.5 Å². The highest BCUT2D eigenvalue weighted by Gasteiger charge is 2.21. The van der Waals surface area contributed by atoms with Gasteiger partial charge in [-0.15, -0.1) is 0 Å². The van der Waals surface area contributed by atoms with Crippen LogP contribution in [0.2, 0.25) is 0 Å². The molecule has 14 heavy (non-hydrogen) atoms. The molecule has 0 unspecified atom stereocenters. The molecule has 2 heterocycles. The van der Waals surface area contributed by atoms with Crippen molar-refractivity contribution in [3.8, 4) is 6.01 Å². The van der Waals surface area contributed by atoms with Crippen LogP contribution in [-0.2, 0) is 0 Å². The van der Waals surface area contributed by atoms with E-state index >= 15 is 0 Å². The number of ether oxygens (including phenoxy) is 1. The number of hydrogen-bond donors (Lipinski definition) is 0. The van der Waals surface area contributed by atoms with Crippen LogP contribution in [0.15, 0.2) is 12.3 Å². The third-order valence-corrected chi connectivity index (χ3v) is 2.22. The molecule has 0 bridgehead atoms. The van der Waals surface area contributed by atoms with Crippen molar-refractivity contribution in [3.63, 3.8) is 0 Å². The van der Waals surface area contributed by atoms with Crippen LogP contribution < -0.4 is 4.74 Å². The van der Waals surface area contributed by atoms with Gasteiger partial charge in [0.15, 0.2) is 0 Å². The minimum Gasteiger partial charge on any atom is -0.459 e. The van der Waals surface area contributed by atoms with E-state index in [0.717, 1.165) is 19.5 Å². The number of likely N-dealkylation sites (N-methyl/N-ethyl adjacent to an activating group) is 1. The quantitative estimate of drug-likeness (QED) is 0.654. The summed E-state index contributed by atoms with van der Waals surface area (Å²) in [5.41, 5.74) is 0. The Kier molecular flexibility index (Phi) is 2.58. The fourth-order valence-corrected chi connectivity index (χ4v) is 1.52. The molecule has 0 spiro atoms. The molecule has 1 aromatic rings. The first-order chi connectivity index (χ1) is 6.74. The second-order valence-electron chi connectivity index (χ2n) is 3.45. The lowest BCUT2D eigenvalue weighted by atomic mass is 10.3. The summed E-state index contributed by atoms with van der Waals surface area (Å²) in [6.07, 6.45) is 2.38. The zero-order chi connectivity index (χ0) is 9.97. The Hall–Kier alpha value is -1.23. The monoisotopic (exact) mass is 197 g/mol. The van der Waals surface area contributed by atoms with E-state index in [0.29, 0.717) is 0 Å². The van der Waals surface area contributed by atoms with Gasteiger partial charge in [0.05, 0.1) is 0 Å². The van der Waals surface area contributed by atoms with Crippen LogP contribution in [0.5, 0.6) is 6.01 Å². The molecule has 1 aliphatic rings. The normalized spacial score (nSPS) is 22.6. The molecule has 1 saturated heterocycles. The molecule has 5 heteroatoms. The van der Waals surface area contributed by atoms with Crippen molar-refractivity contribution in [2.75, 3.05) is 20.1 Å². The van der Waals surface area contributed by atoms with Gasteiger partial charge in [-0.25, -0.2) is 4.98 Å². The van der Waals surface area contributed by atoms with Gasteiger partial charge < -0.3 is 9.64 Å². The van der Waals surface area contributed by atoms with E-state index in [4.69, 9.17) is 4.74 Å². The lowest BCUT2D eigenvalue weighted by Gasteiger charge is -2.11. The van der Waals surface area contributed by atoms with Crippen LogP contribution in [-0.4, -0.2) is 41.1 Å². The molecule has 1 fully saturated rings. The first kappa shape index (κ1) is 9.33. The highest BCUT2D eigenvalue weighted by atomic mass is 19.1. The second-order valence-corrected chi connectivity index (χ2v) is 3.45. The van der Waals surface area contributed by atoms with Crippen molar-refractivity contribution >= 4 is 0 Å². The smallest absolute Gasteiger partial charge is 0.319 e. The number of halogens is 1. The van der Waals surface area contributed by atoms with Gasteiger partial charge in [0.2, 0.25) is 5.95 Å². The standard InChI is InChI=1S/C9H12FN3O/c1-13-5-3-7(6-13)14-9-11-4-2-8(10)12-9/h2,4,7H,3,5-6H2,1H3/t7-/m1/s1. The molecule has 0 N–H and O–H groups in total. The largest absolute Gasteiger partial charge is 0.459 e. The summed E-state index contributed by atoms with van der Waals surface area (Å²) in [7, 11) is 2.02. The first-order valence-electron chi connectivity index (χ1n) is 4.58. The Bertz CT molecular complexity index is 321. The lowest BCUT2D eigenvalue weighted by Crippen LogP contribution is -2.22. The average Bonchev–Trinajstić information content (AvgIpc) is 2.51. The first-order valence-corrected chi connectivity index (χ1v) is 4.58. The van der Waals surface area contributed by atoms with E-state index in [2.05, 4.69) is 14.9 Å². The molecule has 76 valence electrons. The topological polar surface area (TPSA) is 38.2 Å². The molecule has 1 aliphatic heterocycles. The van der Waals surface area contributed by atoms with Crippen molar-refractivity contribution in [2.45, 2.75) is 12.5 Å². The van der Waals surface area contributed by atoms with Crippen LogP contribution in [0, 0.1) is 5.95 Å². The van der Waals surface area contributed by atoms with Gasteiger partial charge in [0, 0.05) is 25.4 Å². The molecule has 0 aromatic carbocycles. The van der Waals surface area contributed by atoms with Crippen molar-refractivity contribution < 1.29 is 9.13 Å². The number of likely N-dealkylation sites (tertiary alicyclic amines) is 1. The fraction of sp³-hybridized carbons (Fsp3) is 0.556. The Balaban J connectivity index is 1.97. The van der Waals surface area contributed by atoms with Crippen LogP contribution in [0.3, 0.4) is 0 Å². The van der Waals surface area contributed by atoms with E-state index in [1.807, 2.05) is 7.05 Å². The molecule has 1 aromatic heterocycles. The molecule has 1 atom stereocenters. The van der Waals surface area contributed by atoms with Crippen molar-refractivity contribution in [2.24, 2.45) is 0 Å². The van der Waals surface area contributed by atoms with Gasteiger partial charge in [-0.2, -0.15) is 9.37 Å². The molecular weight excluding hydrogens is 185 g/mol. The van der Waals surface area contributed by atoms with Crippen molar-refractivity contribution in [1.29, 1.82) is 0 Å². The maximum absolute atomic E-state index is 12.7. The van der Waals surface area contributed by atoms with Crippen molar-refractivity contribution in [1.82, 2.24) is 14.9 Å². The minimum atomic E-state index is -0.554. The average molecular weight is 197 g/mol. The summed E-state index contributed by atoms with van der Waals surface area (Å²) in [6.45, 7) is 1.85. The summed E-state index contributed by atoms with van der Waals surface area (Å²) in [6, 6.07) is 1.33. The van der Waals surface area contributed by atoms with E-state index in [1.165, 1.54) is 12.3 Å². The highest BCUT2D eigenvalue weighted by molar-refractivity contribution is 4.97. The molecular formula is C9H12FN3O. The predicted molar refractivity (Wildman–Crippen MR) is 48.5 cm³/mol. The maximum atomic E-state index is 12.7. The van der Waals surface area contributed by atoms with Gasteiger partial charge in [0.25, 0.3) is 0 Å². The fourth-order valence-electron chi connectivity index (χ4n) is 1.52. The maximum Gasteiger partial charge on any atom is 0.319 e. The summed E-state index contributed by atoms with van der Waals surface area (Å²) in [5, 5.41) is 0. The number of rotatable bonds is 2. The van der Waals surface area contributed by atoms with Gasteiger partial charge in [0.1, 0.15) is 6.10 Å². The third kappa shape index (κ3) is 2.17. The number of hydrogen-bond acceptors (Lipinski definition) is 4. The second kappa shape index (κ2) is 3.88. The van der Waals surface area contributed by atoms with Crippen LogP contribution >= 0.6 is 0 Å². The zero-order valence-corrected chi connectivity index (χ0v) is 7.98. The Labute approximate surface area is 81.7 Å². The third-order valence-electron chi connectivity index (χ3n) is 2.22. The van der Waals surface area contributed by atoms with E-state index in [-0.39, 0.29) is 12.1 Å². The molecule has 4 nitrogen and oxygen atoms in total. The van der Waals surface area contributed by atoms with Crippen molar-refractivity contribution in [3.05, 3.63) is 18.2 Å². The van der Waals surface area contributed by atoms with Crippen LogP contribution in [0.1, 0.15) is 6.42 Å². The van der Waals surface area contributed by atoms with Gasteiger partial charge in [-0.1, -0.05) is 0 Å². The van der Waals surface area contributed by atoms with Gasteiger partial charge >= 0.3 is 6.01 Å². The summed E-state index contributed by atoms with van der Waals surface area (Å²) in [4.78, 5) is 9.54. The van der Waals surface area contributed by atoms with Gasteiger partial charge in [-0.3, -0.25) is 0 Å². The summed E-state index contributed by atoms with van der Waals surface area (Å²) < 4.78 is 18.1. The summed E-state index contributed by atoms with van der Waals surface area (Å²) >= 11 is 0. The molecule has 0 amide bonds. The summed E-state index contributed by atoms with van der Waals surface area (Å²) in [5.74, 6) is -0.554. The number of aromatic nitrogens is 2. The minimum absolute atomic E-state index is 0.0850.